The molecule has 0 saturated heterocycles. The van der Waals surface area contributed by atoms with Crippen LogP contribution in [-0.2, 0) is 4.74 Å². The number of benzene rings is 2. The molecule has 0 radical (unpaired) electrons. The zero-order valence-corrected chi connectivity index (χ0v) is 18.0. The minimum atomic E-state index is -0.539. The fraction of sp³-hybridized carbons (Fsp3) is 0.440. The molecule has 28 heavy (non-hydrogen) atoms. The van der Waals surface area contributed by atoms with E-state index in [1.807, 2.05) is 0 Å². The molecule has 0 spiro atoms. The molecule has 1 saturated carbocycles. The van der Waals surface area contributed by atoms with Gasteiger partial charge in [-0.25, -0.2) is 0 Å². The summed E-state index contributed by atoms with van der Waals surface area (Å²) in [7, 11) is 1.72. The van der Waals surface area contributed by atoms with Crippen LogP contribution in [0.3, 0.4) is 0 Å². The Morgan fingerprint density at radius 3 is 2.11 bits per heavy atom. The predicted molar refractivity (Wildman–Crippen MR) is 121 cm³/mol. The highest BCUT2D eigenvalue weighted by Gasteiger charge is 2.37. The van der Waals surface area contributed by atoms with Gasteiger partial charge < -0.3 is 4.74 Å². The van der Waals surface area contributed by atoms with Gasteiger partial charge in [-0.3, -0.25) is 4.90 Å². The zero-order chi connectivity index (χ0) is 19.3. The number of likely N-dealkylation sites (N-methyl/N-ethyl adjacent to an activating group) is 1. The highest BCUT2D eigenvalue weighted by Crippen LogP contribution is 2.45. The number of hydrogen-bond donors (Lipinski definition) is 0. The van der Waals surface area contributed by atoms with E-state index in [1.54, 1.807) is 0 Å². The molecule has 1 fully saturated rings. The second kappa shape index (κ2) is 9.35. The van der Waals surface area contributed by atoms with Crippen molar-refractivity contribution in [2.75, 3.05) is 13.6 Å². The standard InChI is InChI=1S/C25H32NOP/c1-20-12-9-10-17-23(20)27-24-18-11-19-26(2)25(24)28(21-13-5-3-6-14-21)22-15-7-4-8-16-22/h3-8,11,13-16,18,20,23-25H,9-10,12,17,19H2,1-2H3/t20-,23?,24?,25?/m1/s1. The summed E-state index contributed by atoms with van der Waals surface area (Å²) in [6.07, 6.45) is 10.3. The Labute approximate surface area is 171 Å². The van der Waals surface area contributed by atoms with Crippen LogP contribution in [0.25, 0.3) is 0 Å². The van der Waals surface area contributed by atoms with Crippen molar-refractivity contribution in [2.24, 2.45) is 5.92 Å². The molecule has 148 valence electrons. The zero-order valence-electron chi connectivity index (χ0n) is 17.1. The van der Waals surface area contributed by atoms with Crippen molar-refractivity contribution >= 4 is 18.5 Å². The van der Waals surface area contributed by atoms with Crippen LogP contribution in [0.4, 0.5) is 0 Å². The topological polar surface area (TPSA) is 12.5 Å². The van der Waals surface area contributed by atoms with Crippen LogP contribution < -0.4 is 10.6 Å². The van der Waals surface area contributed by atoms with Gasteiger partial charge >= 0.3 is 0 Å². The van der Waals surface area contributed by atoms with Crippen LogP contribution in [0, 0.1) is 5.92 Å². The minimum absolute atomic E-state index is 0.149. The van der Waals surface area contributed by atoms with Gasteiger partial charge in [0.2, 0.25) is 0 Å². The third-order valence-electron chi connectivity index (χ3n) is 6.16. The molecule has 3 heteroatoms. The quantitative estimate of drug-likeness (QED) is 0.529. The molecule has 3 unspecified atom stereocenters. The molecule has 0 amide bonds. The number of nitrogens with zero attached hydrogens (tertiary/aromatic N) is 1. The smallest absolute Gasteiger partial charge is 0.0961 e. The molecule has 1 heterocycles. The largest absolute Gasteiger partial charge is 0.369 e. The molecule has 2 nitrogen and oxygen atoms in total. The number of rotatable bonds is 5. The fourth-order valence-corrected chi connectivity index (χ4v) is 7.44. The van der Waals surface area contributed by atoms with Crippen LogP contribution in [0.15, 0.2) is 72.8 Å². The van der Waals surface area contributed by atoms with Gasteiger partial charge in [0.15, 0.2) is 0 Å². The van der Waals surface area contributed by atoms with E-state index >= 15 is 0 Å². The average Bonchev–Trinajstić information content (AvgIpc) is 2.73. The maximum atomic E-state index is 6.84. The van der Waals surface area contributed by atoms with Gasteiger partial charge in [-0.05, 0) is 44.3 Å². The number of ether oxygens (including phenoxy) is 1. The maximum absolute atomic E-state index is 6.84. The van der Waals surface area contributed by atoms with Gasteiger partial charge in [0, 0.05) is 6.54 Å². The third-order valence-corrected chi connectivity index (χ3v) is 9.09. The van der Waals surface area contributed by atoms with Crippen molar-refractivity contribution in [2.45, 2.75) is 50.6 Å². The summed E-state index contributed by atoms with van der Waals surface area (Å²) in [4.78, 5) is 2.50. The monoisotopic (exact) mass is 393 g/mol. The summed E-state index contributed by atoms with van der Waals surface area (Å²) in [6.45, 7) is 3.36. The second-order valence-electron chi connectivity index (χ2n) is 8.22. The van der Waals surface area contributed by atoms with Gasteiger partial charge in [0.1, 0.15) is 0 Å². The van der Waals surface area contributed by atoms with Crippen LogP contribution >= 0.6 is 7.92 Å². The SMILES string of the molecule is C[C@@H]1CCCCC1OC1C=CCN(C)C1P(c1ccccc1)c1ccccc1. The first-order valence-electron chi connectivity index (χ1n) is 10.7. The molecule has 2 aromatic carbocycles. The Morgan fingerprint density at radius 2 is 1.50 bits per heavy atom. The Hall–Kier alpha value is -1.47. The van der Waals surface area contributed by atoms with E-state index in [-0.39, 0.29) is 6.10 Å². The third kappa shape index (κ3) is 4.40. The Morgan fingerprint density at radius 1 is 0.893 bits per heavy atom. The molecule has 0 aromatic heterocycles. The Kier molecular flexibility index (Phi) is 6.62. The first-order chi connectivity index (χ1) is 13.7. The van der Waals surface area contributed by atoms with E-state index in [1.165, 1.54) is 36.3 Å². The van der Waals surface area contributed by atoms with Gasteiger partial charge in [0.05, 0.1) is 18.0 Å². The molecular formula is C25H32NOP. The van der Waals surface area contributed by atoms with Gasteiger partial charge in [-0.15, -0.1) is 0 Å². The lowest BCUT2D eigenvalue weighted by molar-refractivity contribution is -0.0532. The van der Waals surface area contributed by atoms with Crippen molar-refractivity contribution in [3.63, 3.8) is 0 Å². The van der Waals surface area contributed by atoms with Crippen LogP contribution in [-0.4, -0.2) is 36.5 Å². The summed E-state index contributed by atoms with van der Waals surface area (Å²) in [6, 6.07) is 22.1. The maximum Gasteiger partial charge on any atom is 0.0961 e. The van der Waals surface area contributed by atoms with Crippen molar-refractivity contribution < 1.29 is 4.74 Å². The second-order valence-corrected chi connectivity index (χ2v) is 10.5. The summed E-state index contributed by atoms with van der Waals surface area (Å²) in [5, 5.41) is 2.86. The minimum Gasteiger partial charge on any atom is -0.369 e. The van der Waals surface area contributed by atoms with Crippen molar-refractivity contribution in [1.82, 2.24) is 4.90 Å². The average molecular weight is 394 g/mol. The normalized spacial score (nSPS) is 28.5. The van der Waals surface area contributed by atoms with Crippen molar-refractivity contribution in [3.05, 3.63) is 72.8 Å². The van der Waals surface area contributed by atoms with Gasteiger partial charge in [-0.1, -0.05) is 92.6 Å². The van der Waals surface area contributed by atoms with Crippen LogP contribution in [0.1, 0.15) is 32.6 Å². The van der Waals surface area contributed by atoms with Crippen molar-refractivity contribution in [3.8, 4) is 0 Å². The van der Waals surface area contributed by atoms with Crippen LogP contribution in [0.5, 0.6) is 0 Å². The lowest BCUT2D eigenvalue weighted by Gasteiger charge is -2.43. The van der Waals surface area contributed by atoms with Gasteiger partial charge in [-0.2, -0.15) is 0 Å². The molecule has 1 aliphatic heterocycles. The van der Waals surface area contributed by atoms with E-state index in [4.69, 9.17) is 4.74 Å². The summed E-state index contributed by atoms with van der Waals surface area (Å²) >= 11 is 0. The molecular weight excluding hydrogens is 361 g/mol. The molecule has 4 rings (SSSR count). The highest BCUT2D eigenvalue weighted by atomic mass is 31.1. The van der Waals surface area contributed by atoms with Gasteiger partial charge in [0.25, 0.3) is 0 Å². The lowest BCUT2D eigenvalue weighted by atomic mass is 9.88. The van der Waals surface area contributed by atoms with E-state index in [0.717, 1.165) is 6.54 Å². The van der Waals surface area contributed by atoms with E-state index < -0.39 is 7.92 Å². The molecule has 0 N–H and O–H groups in total. The van der Waals surface area contributed by atoms with Crippen LogP contribution in [0.2, 0.25) is 0 Å². The lowest BCUT2D eigenvalue weighted by Crippen LogP contribution is -2.48. The first kappa shape index (κ1) is 19.8. The molecule has 2 aromatic rings. The van der Waals surface area contributed by atoms with Crippen molar-refractivity contribution in [1.29, 1.82) is 0 Å². The summed E-state index contributed by atoms with van der Waals surface area (Å²) in [5.41, 5.74) is 0. The molecule has 4 atom stereocenters. The number of hydrogen-bond acceptors (Lipinski definition) is 2. The summed E-state index contributed by atoms with van der Waals surface area (Å²) in [5.74, 6) is 1.02. The van der Waals surface area contributed by atoms with E-state index in [2.05, 4.69) is 91.7 Å². The Bertz CT molecular complexity index is 723. The Balaban J connectivity index is 1.68. The fourth-order valence-electron chi connectivity index (χ4n) is 4.60. The predicted octanol–water partition coefficient (Wildman–Crippen LogP) is 4.91. The van der Waals surface area contributed by atoms with E-state index in [0.29, 0.717) is 17.8 Å². The molecule has 1 aliphatic carbocycles. The highest BCUT2D eigenvalue weighted by molar-refractivity contribution is 7.73. The molecule has 0 bridgehead atoms. The molecule has 2 aliphatic rings. The van der Waals surface area contributed by atoms with E-state index in [9.17, 15) is 0 Å². The first-order valence-corrected chi connectivity index (χ1v) is 12.1. The summed E-state index contributed by atoms with van der Waals surface area (Å²) < 4.78 is 6.84.